The summed E-state index contributed by atoms with van der Waals surface area (Å²) in [5, 5.41) is 10.2. The zero-order chi connectivity index (χ0) is 22.4. The molecule has 0 saturated carbocycles. The van der Waals surface area contributed by atoms with Crippen LogP contribution in [0.1, 0.15) is 18.1 Å². The van der Waals surface area contributed by atoms with E-state index in [1.807, 2.05) is 18.2 Å². The maximum atomic E-state index is 12.9. The molecule has 1 aliphatic heterocycles. The normalized spacial score (nSPS) is 14.1. The number of methoxy groups -OCH3 is 2. The van der Waals surface area contributed by atoms with Crippen molar-refractivity contribution in [1.82, 2.24) is 0 Å². The Bertz CT molecular complexity index is 890. The Morgan fingerprint density at radius 2 is 1.74 bits per heavy atom. The number of hydrogen-bond donors (Lipinski definition) is 1. The summed E-state index contributed by atoms with van der Waals surface area (Å²) in [6, 6.07) is 9.33. The van der Waals surface area contributed by atoms with Gasteiger partial charge in [-0.15, -0.1) is 0 Å². The Balaban J connectivity index is 1.87. The van der Waals surface area contributed by atoms with Crippen LogP contribution in [0.3, 0.4) is 0 Å². The van der Waals surface area contributed by atoms with E-state index in [0.717, 1.165) is 27.1 Å². The lowest BCUT2D eigenvalue weighted by Crippen LogP contribution is -2.30. The first-order valence-electron chi connectivity index (χ1n) is 10.1. The van der Waals surface area contributed by atoms with Gasteiger partial charge in [0.1, 0.15) is 0 Å². The summed E-state index contributed by atoms with van der Waals surface area (Å²) < 4.78 is 27.6. The molecule has 0 spiro atoms. The number of halogens is 1. The molecule has 0 saturated heterocycles. The topological polar surface area (TPSA) is 83.5 Å². The fourth-order valence-corrected chi connectivity index (χ4v) is 4.61. The number of carbonyl (C=O) groups excluding carboxylic acids is 1. The summed E-state index contributed by atoms with van der Waals surface area (Å²) >= 11 is 2.31. The third-order valence-corrected chi connectivity index (χ3v) is 6.42. The minimum absolute atomic E-state index is 0.0332. The minimum atomic E-state index is -0.374. The lowest BCUT2D eigenvalue weighted by Gasteiger charge is -2.25. The summed E-state index contributed by atoms with van der Waals surface area (Å²) in [5.74, 6) is 1.43. The molecule has 31 heavy (non-hydrogen) atoms. The molecule has 0 bridgehead atoms. The number of phenols is 1. The Hall–Kier alpha value is -2.36. The van der Waals surface area contributed by atoms with Gasteiger partial charge in [0.2, 0.25) is 12.5 Å². The number of aromatic hydroxyl groups is 1. The van der Waals surface area contributed by atoms with Crippen molar-refractivity contribution >= 4 is 28.6 Å². The van der Waals surface area contributed by atoms with Crippen LogP contribution in [0.4, 0.5) is 0 Å². The van der Waals surface area contributed by atoms with Crippen LogP contribution in [0, 0.1) is 11.8 Å². The van der Waals surface area contributed by atoms with Gasteiger partial charge in [-0.1, -0.05) is 28.7 Å². The molecule has 0 aromatic heterocycles. The van der Waals surface area contributed by atoms with E-state index in [2.05, 4.69) is 22.6 Å². The van der Waals surface area contributed by atoms with E-state index < -0.39 is 0 Å². The molecule has 7 nitrogen and oxygen atoms in total. The van der Waals surface area contributed by atoms with Crippen LogP contribution in [0.5, 0.6) is 28.7 Å². The van der Waals surface area contributed by atoms with Gasteiger partial charge < -0.3 is 28.8 Å². The van der Waals surface area contributed by atoms with Gasteiger partial charge in [-0.05, 0) is 61.1 Å². The minimum Gasteiger partial charge on any atom is -0.502 e. The second kappa shape index (κ2) is 10.8. The van der Waals surface area contributed by atoms with Gasteiger partial charge in [0.15, 0.2) is 23.0 Å². The highest BCUT2D eigenvalue weighted by Crippen LogP contribution is 2.39. The summed E-state index contributed by atoms with van der Waals surface area (Å²) in [6.07, 6.45) is 1.12. The highest BCUT2D eigenvalue weighted by Gasteiger charge is 2.30. The van der Waals surface area contributed by atoms with Crippen molar-refractivity contribution in [2.45, 2.75) is 19.8 Å². The van der Waals surface area contributed by atoms with Gasteiger partial charge in [-0.3, -0.25) is 4.79 Å². The van der Waals surface area contributed by atoms with Crippen molar-refractivity contribution in [3.63, 3.8) is 0 Å². The fourth-order valence-electron chi connectivity index (χ4n) is 3.69. The van der Waals surface area contributed by atoms with Crippen molar-refractivity contribution in [2.75, 3.05) is 32.0 Å². The predicted molar refractivity (Wildman–Crippen MR) is 124 cm³/mol. The van der Waals surface area contributed by atoms with Crippen LogP contribution in [-0.2, 0) is 22.4 Å². The second-order valence-electron chi connectivity index (χ2n) is 7.22. The van der Waals surface area contributed by atoms with E-state index in [9.17, 15) is 9.90 Å². The van der Waals surface area contributed by atoms with Crippen LogP contribution in [0.2, 0.25) is 0 Å². The van der Waals surface area contributed by atoms with Crippen molar-refractivity contribution in [2.24, 2.45) is 11.8 Å². The first-order chi connectivity index (χ1) is 15.0. The van der Waals surface area contributed by atoms with E-state index in [-0.39, 0.29) is 30.3 Å². The second-order valence-corrected chi connectivity index (χ2v) is 8.10. The molecule has 1 aliphatic rings. The third-order valence-electron chi connectivity index (χ3n) is 5.29. The number of benzene rings is 2. The quantitative estimate of drug-likeness (QED) is 0.275. The molecule has 2 atom stereocenters. The van der Waals surface area contributed by atoms with Crippen LogP contribution in [0.25, 0.3) is 0 Å². The average Bonchev–Trinajstić information content (AvgIpc) is 3.24. The molecule has 1 heterocycles. The first-order valence-corrected chi connectivity index (χ1v) is 11.6. The number of ether oxygens (including phenoxy) is 5. The van der Waals surface area contributed by atoms with E-state index in [1.165, 1.54) is 14.2 Å². The van der Waals surface area contributed by atoms with Gasteiger partial charge in [0, 0.05) is 4.43 Å². The van der Waals surface area contributed by atoms with Crippen LogP contribution in [0.15, 0.2) is 30.3 Å². The molecule has 8 heteroatoms. The highest BCUT2D eigenvalue weighted by molar-refractivity contribution is 14.1. The van der Waals surface area contributed by atoms with E-state index in [0.29, 0.717) is 30.9 Å². The molecular formula is C23H27IO7. The maximum absolute atomic E-state index is 12.9. The zero-order valence-electron chi connectivity index (χ0n) is 17.9. The maximum Gasteiger partial charge on any atom is 0.309 e. The van der Waals surface area contributed by atoms with Gasteiger partial charge in [0.25, 0.3) is 0 Å². The number of alkyl halides is 1. The third kappa shape index (κ3) is 5.47. The molecule has 0 amide bonds. The first kappa shape index (κ1) is 23.3. The molecule has 2 aromatic rings. The van der Waals surface area contributed by atoms with Gasteiger partial charge >= 0.3 is 5.97 Å². The lowest BCUT2D eigenvalue weighted by atomic mass is 9.83. The molecule has 168 valence electrons. The standard InChI is InChI=1S/C23H27IO7/c1-4-29-23(26)17(8-15-10-20(27-2)22(25)21(11-15)28-3)16(12-24)7-14-5-6-18-19(9-14)31-13-30-18/h5-6,9-11,16-17,25H,4,7-8,12-13H2,1-3H3/t16-,17+/m0/s1. The summed E-state index contributed by atoms with van der Waals surface area (Å²) in [6.45, 7) is 2.35. The van der Waals surface area contributed by atoms with Crippen LogP contribution < -0.4 is 18.9 Å². The Morgan fingerprint density at radius 3 is 2.35 bits per heavy atom. The van der Waals surface area contributed by atoms with Crippen LogP contribution in [-0.4, -0.2) is 43.1 Å². The summed E-state index contributed by atoms with van der Waals surface area (Å²) in [5.41, 5.74) is 1.89. The summed E-state index contributed by atoms with van der Waals surface area (Å²) in [7, 11) is 2.96. The molecular weight excluding hydrogens is 515 g/mol. The Labute approximate surface area is 195 Å². The van der Waals surface area contributed by atoms with Crippen molar-refractivity contribution in [1.29, 1.82) is 0 Å². The highest BCUT2D eigenvalue weighted by atomic mass is 127. The van der Waals surface area contributed by atoms with E-state index >= 15 is 0 Å². The smallest absolute Gasteiger partial charge is 0.309 e. The molecule has 0 radical (unpaired) electrons. The van der Waals surface area contributed by atoms with Gasteiger partial charge in [-0.25, -0.2) is 0 Å². The number of carbonyl (C=O) groups is 1. The largest absolute Gasteiger partial charge is 0.502 e. The van der Waals surface area contributed by atoms with E-state index in [1.54, 1.807) is 19.1 Å². The molecule has 0 unspecified atom stereocenters. The number of fused-ring (bicyclic) bond motifs is 1. The zero-order valence-corrected chi connectivity index (χ0v) is 20.0. The Kier molecular flexibility index (Phi) is 8.11. The fraction of sp³-hybridized carbons (Fsp3) is 0.435. The molecule has 0 fully saturated rings. The molecule has 2 aromatic carbocycles. The summed E-state index contributed by atoms with van der Waals surface area (Å²) in [4.78, 5) is 12.9. The van der Waals surface area contributed by atoms with Gasteiger partial charge in [-0.2, -0.15) is 0 Å². The van der Waals surface area contributed by atoms with Crippen molar-refractivity contribution < 1.29 is 33.6 Å². The number of hydrogen-bond acceptors (Lipinski definition) is 7. The number of phenolic OH excluding ortho intramolecular Hbond substituents is 1. The molecule has 0 aliphatic carbocycles. The Morgan fingerprint density at radius 1 is 1.06 bits per heavy atom. The molecule has 1 N–H and O–H groups in total. The lowest BCUT2D eigenvalue weighted by molar-refractivity contribution is -0.149. The number of esters is 1. The SMILES string of the molecule is CCOC(=O)[C@H](Cc1cc(OC)c(O)c(OC)c1)[C@H](CI)Cc1ccc2c(c1)OCO2. The van der Waals surface area contributed by atoms with Crippen molar-refractivity contribution in [3.8, 4) is 28.7 Å². The average molecular weight is 542 g/mol. The molecule has 3 rings (SSSR count). The van der Waals surface area contributed by atoms with Gasteiger partial charge in [0.05, 0.1) is 26.7 Å². The van der Waals surface area contributed by atoms with Crippen molar-refractivity contribution in [3.05, 3.63) is 41.5 Å². The van der Waals surface area contributed by atoms with E-state index in [4.69, 9.17) is 23.7 Å². The monoisotopic (exact) mass is 542 g/mol. The predicted octanol–water partition coefficient (Wildman–Crippen LogP) is 4.15. The number of rotatable bonds is 10. The van der Waals surface area contributed by atoms with Crippen LogP contribution >= 0.6 is 22.6 Å².